The number of hydrogen-bond donors (Lipinski definition) is 6. The highest BCUT2D eigenvalue weighted by molar-refractivity contribution is 5.69. The van der Waals surface area contributed by atoms with Crippen LogP contribution in [-0.4, -0.2) is 106 Å². The highest BCUT2D eigenvalue weighted by Gasteiger charge is 2.07. The molecule has 0 rings (SSSR count). The lowest BCUT2D eigenvalue weighted by Gasteiger charge is -2.17. The van der Waals surface area contributed by atoms with Crippen molar-refractivity contribution in [2.75, 3.05) is 52.7 Å². The third kappa shape index (κ3) is 57.1. The van der Waals surface area contributed by atoms with Gasteiger partial charge in [0.15, 0.2) is 0 Å². The molecular formula is C45H93NO9. The van der Waals surface area contributed by atoms with Gasteiger partial charge < -0.3 is 35.4 Å². The van der Waals surface area contributed by atoms with E-state index in [1.54, 1.807) is 4.90 Å². The van der Waals surface area contributed by atoms with Gasteiger partial charge in [0, 0.05) is 32.5 Å². The molecule has 0 aromatic rings. The van der Waals surface area contributed by atoms with Crippen LogP contribution in [0.25, 0.3) is 0 Å². The van der Waals surface area contributed by atoms with Crippen LogP contribution in [0.15, 0.2) is 0 Å². The van der Waals surface area contributed by atoms with Crippen molar-refractivity contribution in [3.05, 3.63) is 0 Å². The molecule has 1 unspecified atom stereocenters. The molecule has 0 amide bonds. The maximum absolute atomic E-state index is 11.4. The van der Waals surface area contributed by atoms with Crippen LogP contribution in [0, 0.1) is 0 Å². The number of aliphatic carboxylic acids is 1. The van der Waals surface area contributed by atoms with Crippen molar-refractivity contribution in [3.63, 3.8) is 0 Å². The van der Waals surface area contributed by atoms with Gasteiger partial charge in [-0.2, -0.15) is 0 Å². The second kappa shape index (κ2) is 52.7. The maximum atomic E-state index is 11.4. The third-order valence-electron chi connectivity index (χ3n) is 9.87. The summed E-state index contributed by atoms with van der Waals surface area (Å²) in [4.78, 5) is 23.5. The zero-order valence-electron chi connectivity index (χ0n) is 36.2. The van der Waals surface area contributed by atoms with Gasteiger partial charge in [-0.15, -0.1) is 0 Å². The summed E-state index contributed by atoms with van der Waals surface area (Å²) in [6, 6.07) is 0. The van der Waals surface area contributed by atoms with Crippen LogP contribution in [-0.2, 0) is 14.3 Å². The lowest BCUT2D eigenvalue weighted by atomic mass is 10.0. The number of carbonyl (C=O) groups excluding carboxylic acids is 1. The van der Waals surface area contributed by atoms with Gasteiger partial charge in [0.1, 0.15) is 12.7 Å². The Balaban J connectivity index is -0.000000802. The lowest BCUT2D eigenvalue weighted by molar-refractivity contribution is -0.147. The molecule has 0 saturated heterocycles. The summed E-state index contributed by atoms with van der Waals surface area (Å²) in [5.41, 5.74) is 0. The average Bonchev–Trinajstić information content (AvgIpc) is 3.17. The van der Waals surface area contributed by atoms with Gasteiger partial charge in [-0.3, -0.25) is 14.5 Å². The number of nitrogens with zero attached hydrogens (tertiary/aromatic N) is 1. The van der Waals surface area contributed by atoms with Crippen LogP contribution in [0.2, 0.25) is 0 Å². The number of unbranched alkanes of at least 4 members (excludes halogenated alkanes) is 28. The Kier molecular flexibility index (Phi) is 55.6. The highest BCUT2D eigenvalue weighted by atomic mass is 16.5. The number of carboxylic acids is 1. The van der Waals surface area contributed by atoms with E-state index >= 15 is 0 Å². The Bertz CT molecular complexity index is 714. The third-order valence-corrected chi connectivity index (χ3v) is 9.87. The summed E-state index contributed by atoms with van der Waals surface area (Å²) in [6.07, 6.45) is 39.2. The summed E-state index contributed by atoms with van der Waals surface area (Å²) in [7, 11) is 0. The Morgan fingerprint density at radius 1 is 0.455 bits per heavy atom. The first kappa shape index (κ1) is 58.0. The minimum Gasteiger partial charge on any atom is -0.481 e. The zero-order valence-corrected chi connectivity index (χ0v) is 36.2. The second-order valence-corrected chi connectivity index (χ2v) is 15.3. The van der Waals surface area contributed by atoms with Crippen LogP contribution in [0.3, 0.4) is 0 Å². The Labute approximate surface area is 339 Å². The molecule has 0 bridgehead atoms. The van der Waals surface area contributed by atoms with Gasteiger partial charge in [0.2, 0.25) is 0 Å². The van der Waals surface area contributed by atoms with Crippen molar-refractivity contribution in [2.45, 2.75) is 225 Å². The fourth-order valence-corrected chi connectivity index (χ4v) is 6.36. The molecule has 10 heteroatoms. The minimum absolute atomic E-state index is 0.0694. The monoisotopic (exact) mass is 792 g/mol. The van der Waals surface area contributed by atoms with Crippen LogP contribution in [0.4, 0.5) is 0 Å². The van der Waals surface area contributed by atoms with Crippen molar-refractivity contribution in [1.82, 2.24) is 4.90 Å². The van der Waals surface area contributed by atoms with Gasteiger partial charge in [-0.25, -0.2) is 0 Å². The largest absolute Gasteiger partial charge is 0.481 e. The fourth-order valence-electron chi connectivity index (χ4n) is 6.36. The summed E-state index contributed by atoms with van der Waals surface area (Å²) in [6.45, 7) is 5.82. The smallest absolute Gasteiger partial charge is 0.305 e. The molecule has 55 heavy (non-hydrogen) atoms. The van der Waals surface area contributed by atoms with Gasteiger partial charge >= 0.3 is 11.9 Å². The first-order chi connectivity index (χ1) is 26.8. The van der Waals surface area contributed by atoms with Crippen molar-refractivity contribution in [1.29, 1.82) is 0 Å². The van der Waals surface area contributed by atoms with E-state index in [0.717, 1.165) is 25.7 Å². The molecule has 0 aromatic heterocycles. The van der Waals surface area contributed by atoms with E-state index < -0.39 is 12.1 Å². The second-order valence-electron chi connectivity index (χ2n) is 15.3. The lowest BCUT2D eigenvalue weighted by Crippen LogP contribution is -2.32. The number of ether oxygens (including phenoxy) is 1. The van der Waals surface area contributed by atoms with Crippen LogP contribution < -0.4 is 0 Å². The van der Waals surface area contributed by atoms with E-state index in [1.807, 2.05) is 0 Å². The molecule has 0 saturated carbocycles. The molecule has 0 radical (unpaired) electrons. The molecule has 0 aromatic carbocycles. The molecule has 0 heterocycles. The van der Waals surface area contributed by atoms with Crippen molar-refractivity contribution < 1.29 is 45.0 Å². The molecule has 0 aliphatic heterocycles. The Morgan fingerprint density at radius 2 is 0.727 bits per heavy atom. The first-order valence-electron chi connectivity index (χ1n) is 23.0. The first-order valence-corrected chi connectivity index (χ1v) is 23.0. The number of hydrogen-bond acceptors (Lipinski definition) is 9. The molecule has 0 aliphatic carbocycles. The summed E-state index contributed by atoms with van der Waals surface area (Å²) in [5.74, 6) is -0.929. The van der Waals surface area contributed by atoms with E-state index in [1.165, 1.54) is 167 Å². The topological polar surface area (TPSA) is 168 Å². The molecule has 1 atom stereocenters. The van der Waals surface area contributed by atoms with E-state index in [4.69, 9.17) is 35.4 Å². The molecule has 0 fully saturated rings. The van der Waals surface area contributed by atoms with Crippen molar-refractivity contribution in [2.24, 2.45) is 0 Å². The fraction of sp³-hybridized carbons (Fsp3) is 0.956. The van der Waals surface area contributed by atoms with E-state index in [2.05, 4.69) is 13.8 Å². The molecular weight excluding hydrogens is 698 g/mol. The number of aliphatic hydroxyl groups excluding tert-OH is 5. The number of esters is 1. The van der Waals surface area contributed by atoms with Gasteiger partial charge in [-0.05, 0) is 12.8 Å². The van der Waals surface area contributed by atoms with Crippen LogP contribution in [0.5, 0.6) is 0 Å². The zero-order chi connectivity index (χ0) is 41.3. The van der Waals surface area contributed by atoms with Crippen molar-refractivity contribution in [3.8, 4) is 0 Å². The van der Waals surface area contributed by atoms with Crippen LogP contribution >= 0.6 is 0 Å². The number of carbonyl (C=O) groups is 2. The summed E-state index contributed by atoms with van der Waals surface area (Å²) in [5, 5.41) is 51.7. The predicted molar refractivity (Wildman–Crippen MR) is 228 cm³/mol. The van der Waals surface area contributed by atoms with E-state index in [9.17, 15) is 9.59 Å². The van der Waals surface area contributed by atoms with Gasteiger partial charge in [0.25, 0.3) is 0 Å². The Morgan fingerprint density at radius 3 is 0.982 bits per heavy atom. The van der Waals surface area contributed by atoms with E-state index in [-0.39, 0.29) is 39.0 Å². The van der Waals surface area contributed by atoms with Crippen LogP contribution in [0.1, 0.15) is 219 Å². The quantitative estimate of drug-likeness (QED) is 0.0259. The number of carboxylic acid groups (broad SMARTS) is 1. The maximum Gasteiger partial charge on any atom is 0.305 e. The summed E-state index contributed by atoms with van der Waals surface area (Å²) < 4.78 is 4.86. The standard InChI is InChI=1S/C21H42O4.C18H36O2.C6H15NO3/c1-2-3-4-5-6-7-8-9-10-11-12-13-14-15-16-17-21(24)25-19-20(23)18-22;1-2-3-4-5-6-7-8-9-10-11-12-13-14-15-16-17-18(19)20;8-4-1-7(2-5-9)3-6-10/h20,22-23H,2-19H2,1H3;2-17H2,1H3,(H,19,20);8-10H,1-6H2. The Hall–Kier alpha value is -1.30. The normalized spacial score (nSPS) is 11.5. The highest BCUT2D eigenvalue weighted by Crippen LogP contribution is 2.15. The molecule has 0 aliphatic rings. The van der Waals surface area contributed by atoms with Crippen molar-refractivity contribution >= 4 is 11.9 Å². The molecule has 0 spiro atoms. The summed E-state index contributed by atoms with van der Waals surface area (Å²) >= 11 is 0. The molecule has 6 N–H and O–H groups in total. The number of aliphatic hydroxyl groups is 5. The van der Waals surface area contributed by atoms with Gasteiger partial charge in [0.05, 0.1) is 26.4 Å². The predicted octanol–water partition coefficient (Wildman–Crippen LogP) is 9.74. The minimum atomic E-state index is -0.954. The number of rotatable bonds is 41. The van der Waals surface area contributed by atoms with E-state index in [0.29, 0.717) is 32.5 Å². The van der Waals surface area contributed by atoms with Gasteiger partial charge in [-0.1, -0.05) is 194 Å². The SMILES string of the molecule is CCCCCCCCCCCCCCCCCC(=O)O.CCCCCCCCCCCCCCCCCC(=O)OCC(O)CO.OCCN(CCO)CCO. The average molecular weight is 792 g/mol. The molecule has 10 nitrogen and oxygen atoms in total. The molecule has 332 valence electrons.